The van der Waals surface area contributed by atoms with Gasteiger partial charge in [0.15, 0.2) is 6.61 Å². The molecule has 0 aliphatic carbocycles. The maximum atomic E-state index is 11.6. The van der Waals surface area contributed by atoms with Crippen LogP contribution in [0, 0.1) is 13.8 Å². The number of carbonyl (C=O) groups excluding carboxylic acids is 2. The lowest BCUT2D eigenvalue weighted by atomic mass is 10.1. The number of carbonyl (C=O) groups is 2. The highest BCUT2D eigenvalue weighted by atomic mass is 16.5. The van der Waals surface area contributed by atoms with Crippen LogP contribution in [0.4, 0.5) is 5.69 Å². The average molecular weight is 219 g/mol. The summed E-state index contributed by atoms with van der Waals surface area (Å²) >= 11 is 0. The number of benzene rings is 1. The van der Waals surface area contributed by atoms with Crippen molar-refractivity contribution in [1.29, 1.82) is 0 Å². The van der Waals surface area contributed by atoms with Gasteiger partial charge in [0.1, 0.15) is 12.0 Å². The van der Waals surface area contributed by atoms with Crippen molar-refractivity contribution in [3.05, 3.63) is 23.3 Å². The molecule has 84 valence electrons. The Kier molecular flexibility index (Phi) is 2.64. The lowest BCUT2D eigenvalue weighted by molar-refractivity contribution is -0.122. The SMILES string of the molecule is Cc1cc(C)c2c(c1)N(CC=O)C(=O)CO2. The molecule has 1 aromatic rings. The van der Waals surface area contributed by atoms with Crippen molar-refractivity contribution >= 4 is 17.9 Å². The summed E-state index contributed by atoms with van der Waals surface area (Å²) in [4.78, 5) is 23.6. The van der Waals surface area contributed by atoms with E-state index in [0.29, 0.717) is 11.4 Å². The maximum absolute atomic E-state index is 11.6. The third kappa shape index (κ3) is 1.66. The number of ether oxygens (including phenoxy) is 1. The first-order valence-electron chi connectivity index (χ1n) is 5.11. The highest BCUT2D eigenvalue weighted by Gasteiger charge is 2.26. The minimum absolute atomic E-state index is 0.00470. The van der Waals surface area contributed by atoms with E-state index in [4.69, 9.17) is 4.74 Å². The van der Waals surface area contributed by atoms with E-state index in [0.717, 1.165) is 17.4 Å². The monoisotopic (exact) mass is 219 g/mol. The molecule has 4 nitrogen and oxygen atoms in total. The molecule has 0 radical (unpaired) electrons. The van der Waals surface area contributed by atoms with E-state index in [9.17, 15) is 9.59 Å². The fourth-order valence-electron chi connectivity index (χ4n) is 1.94. The van der Waals surface area contributed by atoms with Crippen molar-refractivity contribution in [1.82, 2.24) is 0 Å². The van der Waals surface area contributed by atoms with Crippen LogP contribution in [0.15, 0.2) is 12.1 Å². The Labute approximate surface area is 93.8 Å². The summed E-state index contributed by atoms with van der Waals surface area (Å²) in [7, 11) is 0. The van der Waals surface area contributed by atoms with Crippen LogP contribution in [0.5, 0.6) is 5.75 Å². The largest absolute Gasteiger partial charge is 0.481 e. The van der Waals surface area contributed by atoms with Gasteiger partial charge in [-0.1, -0.05) is 6.07 Å². The van der Waals surface area contributed by atoms with Gasteiger partial charge in [-0.3, -0.25) is 9.69 Å². The minimum atomic E-state index is -0.176. The van der Waals surface area contributed by atoms with Gasteiger partial charge in [0.05, 0.1) is 12.2 Å². The van der Waals surface area contributed by atoms with Crippen LogP contribution in [0.1, 0.15) is 11.1 Å². The number of amides is 1. The van der Waals surface area contributed by atoms with Gasteiger partial charge >= 0.3 is 0 Å². The molecule has 1 aliphatic rings. The predicted octanol–water partition coefficient (Wildman–Crippen LogP) is 1.23. The molecule has 1 aliphatic heterocycles. The van der Waals surface area contributed by atoms with Crippen LogP contribution < -0.4 is 9.64 Å². The van der Waals surface area contributed by atoms with Gasteiger partial charge in [0, 0.05) is 0 Å². The number of nitrogens with zero attached hydrogens (tertiary/aromatic N) is 1. The predicted molar refractivity (Wildman–Crippen MR) is 59.8 cm³/mol. The average Bonchev–Trinajstić information content (AvgIpc) is 2.22. The number of aldehydes is 1. The topological polar surface area (TPSA) is 46.6 Å². The molecular weight excluding hydrogens is 206 g/mol. The number of rotatable bonds is 2. The Morgan fingerprint density at radius 2 is 2.19 bits per heavy atom. The number of anilines is 1. The second-order valence-electron chi connectivity index (χ2n) is 3.89. The number of hydrogen-bond acceptors (Lipinski definition) is 3. The van der Waals surface area contributed by atoms with Gasteiger partial charge in [0.2, 0.25) is 0 Å². The van der Waals surface area contributed by atoms with E-state index < -0.39 is 0 Å². The molecule has 16 heavy (non-hydrogen) atoms. The Morgan fingerprint density at radius 3 is 2.88 bits per heavy atom. The lowest BCUT2D eigenvalue weighted by Gasteiger charge is -2.29. The van der Waals surface area contributed by atoms with Crippen LogP contribution in [-0.4, -0.2) is 25.3 Å². The molecular formula is C12H13NO3. The third-order valence-electron chi connectivity index (χ3n) is 2.59. The molecule has 0 bridgehead atoms. The van der Waals surface area contributed by atoms with Crippen LogP contribution in [0.2, 0.25) is 0 Å². The van der Waals surface area contributed by atoms with Crippen LogP contribution in [0.3, 0.4) is 0 Å². The zero-order valence-corrected chi connectivity index (χ0v) is 9.32. The highest BCUT2D eigenvalue weighted by molar-refractivity contribution is 6.00. The molecule has 1 aromatic carbocycles. The molecule has 0 aromatic heterocycles. The van der Waals surface area contributed by atoms with E-state index in [1.165, 1.54) is 4.90 Å². The van der Waals surface area contributed by atoms with E-state index in [1.807, 2.05) is 26.0 Å². The summed E-state index contributed by atoms with van der Waals surface area (Å²) < 4.78 is 5.39. The van der Waals surface area contributed by atoms with Crippen molar-refractivity contribution in [3.8, 4) is 5.75 Å². The summed E-state index contributed by atoms with van der Waals surface area (Å²) in [5, 5.41) is 0. The zero-order valence-electron chi connectivity index (χ0n) is 9.32. The molecule has 0 fully saturated rings. The molecule has 0 unspecified atom stereocenters. The number of aryl methyl sites for hydroxylation is 2. The molecule has 0 spiro atoms. The van der Waals surface area contributed by atoms with Crippen LogP contribution >= 0.6 is 0 Å². The first-order valence-corrected chi connectivity index (χ1v) is 5.11. The standard InChI is InChI=1S/C12H13NO3/c1-8-5-9(2)12-10(6-8)13(3-4-14)11(15)7-16-12/h4-6H,3,7H2,1-2H3. The van der Waals surface area contributed by atoms with Crippen molar-refractivity contribution in [2.45, 2.75) is 13.8 Å². The van der Waals surface area contributed by atoms with Crippen molar-refractivity contribution < 1.29 is 14.3 Å². The molecule has 0 saturated heterocycles. The third-order valence-corrected chi connectivity index (χ3v) is 2.59. The van der Waals surface area contributed by atoms with Crippen LogP contribution in [-0.2, 0) is 9.59 Å². The molecule has 4 heteroatoms. The van der Waals surface area contributed by atoms with E-state index in [1.54, 1.807) is 0 Å². The van der Waals surface area contributed by atoms with Crippen molar-refractivity contribution in [3.63, 3.8) is 0 Å². The smallest absolute Gasteiger partial charge is 0.265 e. The molecule has 2 rings (SSSR count). The summed E-state index contributed by atoms with van der Waals surface area (Å²) in [6.07, 6.45) is 0.727. The van der Waals surface area contributed by atoms with Gasteiger partial charge < -0.3 is 9.53 Å². The fourth-order valence-corrected chi connectivity index (χ4v) is 1.94. The maximum Gasteiger partial charge on any atom is 0.265 e. The van der Waals surface area contributed by atoms with E-state index >= 15 is 0 Å². The van der Waals surface area contributed by atoms with Crippen molar-refractivity contribution in [2.24, 2.45) is 0 Å². The van der Waals surface area contributed by atoms with Gasteiger partial charge in [-0.05, 0) is 31.0 Å². The zero-order chi connectivity index (χ0) is 11.7. The number of hydrogen-bond donors (Lipinski definition) is 0. The summed E-state index contributed by atoms with van der Waals surface area (Å²) in [6.45, 7) is 3.97. The molecule has 1 amide bonds. The highest BCUT2D eigenvalue weighted by Crippen LogP contribution is 2.35. The second-order valence-corrected chi connectivity index (χ2v) is 3.89. The molecule has 1 heterocycles. The van der Waals surface area contributed by atoms with Gasteiger partial charge in [-0.25, -0.2) is 0 Å². The minimum Gasteiger partial charge on any atom is -0.481 e. The summed E-state index contributed by atoms with van der Waals surface area (Å²) in [5.74, 6) is 0.525. The molecule has 0 saturated carbocycles. The van der Waals surface area contributed by atoms with Crippen molar-refractivity contribution in [2.75, 3.05) is 18.1 Å². The molecule has 0 N–H and O–H groups in total. The van der Waals surface area contributed by atoms with Gasteiger partial charge in [-0.15, -0.1) is 0 Å². The summed E-state index contributed by atoms with van der Waals surface area (Å²) in [5.41, 5.74) is 2.73. The second kappa shape index (κ2) is 3.96. The first kappa shape index (κ1) is 10.7. The van der Waals surface area contributed by atoms with E-state index in [2.05, 4.69) is 0 Å². The quantitative estimate of drug-likeness (QED) is 0.703. The van der Waals surface area contributed by atoms with Gasteiger partial charge in [-0.2, -0.15) is 0 Å². The fraction of sp³-hybridized carbons (Fsp3) is 0.333. The van der Waals surface area contributed by atoms with Gasteiger partial charge in [0.25, 0.3) is 5.91 Å². The Hall–Kier alpha value is -1.84. The normalized spacial score (nSPS) is 14.4. The Morgan fingerprint density at radius 1 is 1.44 bits per heavy atom. The Bertz CT molecular complexity index is 454. The number of fused-ring (bicyclic) bond motifs is 1. The lowest BCUT2D eigenvalue weighted by Crippen LogP contribution is -2.40. The van der Waals surface area contributed by atoms with E-state index in [-0.39, 0.29) is 19.1 Å². The molecule has 0 atom stereocenters. The first-order chi connectivity index (χ1) is 7.63. The summed E-state index contributed by atoms with van der Waals surface area (Å²) in [6, 6.07) is 3.86. The Balaban J connectivity index is 2.53. The van der Waals surface area contributed by atoms with Crippen LogP contribution in [0.25, 0.3) is 0 Å².